The summed E-state index contributed by atoms with van der Waals surface area (Å²) in [5.74, 6) is -1.08. The first-order valence-corrected chi connectivity index (χ1v) is 7.72. The predicted octanol–water partition coefficient (Wildman–Crippen LogP) is 1.95. The Kier molecular flexibility index (Phi) is 5.41. The van der Waals surface area contributed by atoms with Gasteiger partial charge in [-0.3, -0.25) is 4.79 Å². The average molecular weight is 309 g/mol. The van der Waals surface area contributed by atoms with Gasteiger partial charge in [-0.05, 0) is 26.7 Å². The zero-order chi connectivity index (χ0) is 16.1. The molecule has 0 aromatic carbocycles. The van der Waals surface area contributed by atoms with E-state index in [0.29, 0.717) is 5.69 Å². The van der Waals surface area contributed by atoms with Gasteiger partial charge < -0.3 is 20.3 Å². The maximum Gasteiger partial charge on any atom is 0.346 e. The molecule has 2 rings (SSSR count). The van der Waals surface area contributed by atoms with E-state index >= 15 is 0 Å². The van der Waals surface area contributed by atoms with Gasteiger partial charge in [-0.15, -0.1) is 0 Å². The Balaban J connectivity index is 1.89. The first kappa shape index (κ1) is 16.3. The summed E-state index contributed by atoms with van der Waals surface area (Å²) in [7, 11) is 0. The number of amides is 1. The highest BCUT2D eigenvalue weighted by molar-refractivity contribution is 5.96. The minimum Gasteiger partial charge on any atom is -0.449 e. The molecule has 7 nitrogen and oxygen atoms in total. The van der Waals surface area contributed by atoms with Gasteiger partial charge in [0, 0.05) is 6.04 Å². The summed E-state index contributed by atoms with van der Waals surface area (Å²) in [4.78, 5) is 24.2. The standard InChI is InChI=1S/C15H23N3O4/c1-9-12(13(16)22-18-9)15(20)21-10(2)14(19)17-11-7-5-3-4-6-8-11/h10-11H,3-8,16H2,1-2H3,(H,17,19). The van der Waals surface area contributed by atoms with Gasteiger partial charge in [0.2, 0.25) is 5.88 Å². The second-order valence-corrected chi connectivity index (χ2v) is 5.75. The van der Waals surface area contributed by atoms with E-state index in [0.717, 1.165) is 25.7 Å². The summed E-state index contributed by atoms with van der Waals surface area (Å²) >= 11 is 0. The van der Waals surface area contributed by atoms with E-state index < -0.39 is 12.1 Å². The lowest BCUT2D eigenvalue weighted by Crippen LogP contribution is -2.41. The number of carbonyl (C=O) groups excluding carboxylic acids is 2. The number of nitrogen functional groups attached to an aromatic ring is 1. The molecule has 1 aromatic heterocycles. The van der Waals surface area contributed by atoms with Crippen LogP contribution in [0.25, 0.3) is 0 Å². The van der Waals surface area contributed by atoms with Crippen molar-refractivity contribution < 1.29 is 18.8 Å². The number of carbonyl (C=O) groups is 2. The van der Waals surface area contributed by atoms with Crippen molar-refractivity contribution in [2.75, 3.05) is 5.73 Å². The van der Waals surface area contributed by atoms with E-state index in [1.807, 2.05) is 0 Å². The quantitative estimate of drug-likeness (QED) is 0.650. The minimum absolute atomic E-state index is 0.0779. The normalized spacial score (nSPS) is 17.5. The molecule has 1 unspecified atom stereocenters. The molecule has 0 spiro atoms. The lowest BCUT2D eigenvalue weighted by atomic mass is 10.1. The van der Waals surface area contributed by atoms with Gasteiger partial charge >= 0.3 is 5.97 Å². The summed E-state index contributed by atoms with van der Waals surface area (Å²) in [6.07, 6.45) is 5.73. The fourth-order valence-corrected chi connectivity index (χ4v) is 2.65. The number of hydrogen-bond acceptors (Lipinski definition) is 6. The number of hydrogen-bond donors (Lipinski definition) is 2. The van der Waals surface area contributed by atoms with Crippen molar-refractivity contribution in [2.24, 2.45) is 0 Å². The number of aryl methyl sites for hydroxylation is 1. The maximum absolute atomic E-state index is 12.1. The van der Waals surface area contributed by atoms with Crippen LogP contribution in [0.15, 0.2) is 4.52 Å². The van der Waals surface area contributed by atoms with Crippen molar-refractivity contribution in [3.63, 3.8) is 0 Å². The third-order valence-electron chi connectivity index (χ3n) is 3.95. The Bertz CT molecular complexity index is 513. The smallest absolute Gasteiger partial charge is 0.346 e. The topological polar surface area (TPSA) is 107 Å². The largest absolute Gasteiger partial charge is 0.449 e. The molecule has 122 valence electrons. The SMILES string of the molecule is Cc1noc(N)c1C(=O)OC(C)C(=O)NC1CCCCCC1. The van der Waals surface area contributed by atoms with E-state index in [2.05, 4.69) is 10.5 Å². The lowest BCUT2D eigenvalue weighted by Gasteiger charge is -2.19. The molecule has 1 heterocycles. The molecule has 0 bridgehead atoms. The molecule has 0 radical (unpaired) electrons. The maximum atomic E-state index is 12.1. The van der Waals surface area contributed by atoms with Crippen LogP contribution in [0, 0.1) is 6.92 Å². The number of aromatic nitrogens is 1. The summed E-state index contributed by atoms with van der Waals surface area (Å²) in [5.41, 5.74) is 5.95. The van der Waals surface area contributed by atoms with E-state index in [9.17, 15) is 9.59 Å². The van der Waals surface area contributed by atoms with Crippen molar-refractivity contribution in [3.05, 3.63) is 11.3 Å². The van der Waals surface area contributed by atoms with Crippen LogP contribution in [0.5, 0.6) is 0 Å². The number of rotatable bonds is 4. The number of anilines is 1. The lowest BCUT2D eigenvalue weighted by molar-refractivity contribution is -0.129. The van der Waals surface area contributed by atoms with Crippen LogP contribution >= 0.6 is 0 Å². The molecule has 1 fully saturated rings. The van der Waals surface area contributed by atoms with Crippen molar-refractivity contribution in [1.82, 2.24) is 10.5 Å². The van der Waals surface area contributed by atoms with E-state index in [1.54, 1.807) is 13.8 Å². The van der Waals surface area contributed by atoms with Gasteiger partial charge in [0.15, 0.2) is 6.10 Å². The molecule has 1 atom stereocenters. The van der Waals surface area contributed by atoms with Crippen LogP contribution < -0.4 is 11.1 Å². The van der Waals surface area contributed by atoms with Crippen molar-refractivity contribution in [3.8, 4) is 0 Å². The third kappa shape index (κ3) is 3.99. The van der Waals surface area contributed by atoms with Crippen LogP contribution in [0.1, 0.15) is 61.5 Å². The number of nitrogens with two attached hydrogens (primary N) is 1. The summed E-state index contributed by atoms with van der Waals surface area (Å²) < 4.78 is 9.88. The molecule has 22 heavy (non-hydrogen) atoms. The fraction of sp³-hybridized carbons (Fsp3) is 0.667. The van der Waals surface area contributed by atoms with E-state index in [1.165, 1.54) is 12.8 Å². The number of nitrogens with zero attached hydrogens (tertiary/aromatic N) is 1. The molecule has 1 aliphatic rings. The Labute approximate surface area is 129 Å². The Hall–Kier alpha value is -2.05. The Morgan fingerprint density at radius 1 is 1.32 bits per heavy atom. The van der Waals surface area contributed by atoms with Gasteiger partial charge in [-0.2, -0.15) is 0 Å². The number of ether oxygens (including phenoxy) is 1. The average Bonchev–Trinajstić information content (AvgIpc) is 2.67. The highest BCUT2D eigenvalue weighted by Crippen LogP contribution is 2.19. The Morgan fingerprint density at radius 2 is 1.95 bits per heavy atom. The van der Waals surface area contributed by atoms with E-state index in [4.69, 9.17) is 15.0 Å². The molecule has 0 aliphatic heterocycles. The first-order chi connectivity index (χ1) is 10.5. The Morgan fingerprint density at radius 3 is 2.50 bits per heavy atom. The van der Waals surface area contributed by atoms with Crippen molar-refractivity contribution in [2.45, 2.75) is 64.5 Å². The van der Waals surface area contributed by atoms with Crippen LogP contribution in [0.3, 0.4) is 0 Å². The zero-order valence-corrected chi connectivity index (χ0v) is 13.1. The second-order valence-electron chi connectivity index (χ2n) is 5.75. The van der Waals surface area contributed by atoms with Crippen LogP contribution in [0.2, 0.25) is 0 Å². The van der Waals surface area contributed by atoms with Crippen LogP contribution in [0.4, 0.5) is 5.88 Å². The summed E-state index contributed by atoms with van der Waals surface area (Å²) in [6, 6.07) is 0.165. The monoisotopic (exact) mass is 309 g/mol. The summed E-state index contributed by atoms with van der Waals surface area (Å²) in [5, 5.41) is 6.54. The molecule has 1 aromatic rings. The number of nitrogens with one attached hydrogen (secondary N) is 1. The molecule has 1 aliphatic carbocycles. The minimum atomic E-state index is -0.885. The molecule has 7 heteroatoms. The summed E-state index contributed by atoms with van der Waals surface area (Å²) in [6.45, 7) is 3.13. The van der Waals surface area contributed by atoms with Crippen LogP contribution in [-0.4, -0.2) is 29.2 Å². The molecular formula is C15H23N3O4. The van der Waals surface area contributed by atoms with Crippen molar-refractivity contribution >= 4 is 17.8 Å². The van der Waals surface area contributed by atoms with Crippen LogP contribution in [-0.2, 0) is 9.53 Å². The molecule has 1 saturated carbocycles. The zero-order valence-electron chi connectivity index (χ0n) is 13.1. The second kappa shape index (κ2) is 7.29. The van der Waals surface area contributed by atoms with Gasteiger partial charge in [0.25, 0.3) is 5.91 Å². The third-order valence-corrected chi connectivity index (χ3v) is 3.95. The molecule has 3 N–H and O–H groups in total. The fourth-order valence-electron chi connectivity index (χ4n) is 2.65. The van der Waals surface area contributed by atoms with Gasteiger partial charge in [0.05, 0.1) is 5.69 Å². The van der Waals surface area contributed by atoms with Crippen molar-refractivity contribution in [1.29, 1.82) is 0 Å². The molecule has 0 saturated heterocycles. The number of esters is 1. The predicted molar refractivity (Wildman–Crippen MR) is 80.2 cm³/mol. The molecule has 1 amide bonds. The highest BCUT2D eigenvalue weighted by Gasteiger charge is 2.26. The molecular weight excluding hydrogens is 286 g/mol. The highest BCUT2D eigenvalue weighted by atomic mass is 16.5. The van der Waals surface area contributed by atoms with Gasteiger partial charge in [0.1, 0.15) is 5.56 Å². The first-order valence-electron chi connectivity index (χ1n) is 7.72. The van der Waals surface area contributed by atoms with E-state index in [-0.39, 0.29) is 23.4 Å². The van der Waals surface area contributed by atoms with Gasteiger partial charge in [-0.25, -0.2) is 4.79 Å². The van der Waals surface area contributed by atoms with Gasteiger partial charge in [-0.1, -0.05) is 30.8 Å².